The van der Waals surface area contributed by atoms with Crippen LogP contribution in [0.2, 0.25) is 0 Å². The Morgan fingerprint density at radius 3 is 2.50 bits per heavy atom. The minimum Gasteiger partial charge on any atom is -0.334 e. The first-order valence-corrected chi connectivity index (χ1v) is 7.30. The number of rotatable bonds is 3. The normalized spacial score (nSPS) is 10.9. The van der Waals surface area contributed by atoms with Gasteiger partial charge in [-0.15, -0.1) is 5.10 Å². The summed E-state index contributed by atoms with van der Waals surface area (Å²) in [5, 5.41) is 12.3. The Labute approximate surface area is 136 Å². The van der Waals surface area contributed by atoms with Gasteiger partial charge in [-0.2, -0.15) is 4.98 Å². The van der Waals surface area contributed by atoms with E-state index in [0.717, 1.165) is 11.4 Å². The van der Waals surface area contributed by atoms with Crippen molar-refractivity contribution in [2.75, 3.05) is 0 Å². The molecule has 0 fully saturated rings. The average Bonchev–Trinajstić information content (AvgIpc) is 3.23. The molecule has 0 spiro atoms. The zero-order chi connectivity index (χ0) is 16.5. The Hall–Kier alpha value is -3.35. The summed E-state index contributed by atoms with van der Waals surface area (Å²) in [5.74, 6) is 0.327. The summed E-state index contributed by atoms with van der Waals surface area (Å²) in [4.78, 5) is 4.33. The molecule has 0 N–H and O–H groups in total. The van der Waals surface area contributed by atoms with Crippen LogP contribution in [0.3, 0.4) is 0 Å². The zero-order valence-corrected chi connectivity index (χ0v) is 12.7. The van der Waals surface area contributed by atoms with Crippen molar-refractivity contribution in [1.82, 2.24) is 25.1 Å². The van der Waals surface area contributed by atoms with Crippen LogP contribution >= 0.6 is 0 Å². The predicted octanol–water partition coefficient (Wildman–Crippen LogP) is 3.43. The SMILES string of the molecule is Cc1c(-c2noc(-c3ccc(F)cc3)n2)nnn1-c1ccccc1. The minimum absolute atomic E-state index is 0.304. The van der Waals surface area contributed by atoms with Crippen molar-refractivity contribution >= 4 is 0 Å². The van der Waals surface area contributed by atoms with Gasteiger partial charge in [0.25, 0.3) is 5.89 Å². The fraction of sp³-hybridized carbons (Fsp3) is 0.0588. The summed E-state index contributed by atoms with van der Waals surface area (Å²) in [6.07, 6.45) is 0. The maximum Gasteiger partial charge on any atom is 0.258 e. The summed E-state index contributed by atoms with van der Waals surface area (Å²) in [7, 11) is 0. The van der Waals surface area contributed by atoms with E-state index in [1.165, 1.54) is 12.1 Å². The Kier molecular flexibility index (Phi) is 3.38. The van der Waals surface area contributed by atoms with E-state index < -0.39 is 0 Å². The van der Waals surface area contributed by atoms with E-state index in [-0.39, 0.29) is 5.82 Å². The second kappa shape index (κ2) is 5.69. The van der Waals surface area contributed by atoms with Gasteiger partial charge in [0.05, 0.1) is 11.4 Å². The summed E-state index contributed by atoms with van der Waals surface area (Å²) in [6, 6.07) is 15.5. The standard InChI is InChI=1S/C17H12FN5O/c1-11-15(20-22-23(11)14-5-3-2-4-6-14)16-19-17(24-21-16)12-7-9-13(18)10-8-12/h2-10H,1H3. The first kappa shape index (κ1) is 14.3. The number of aromatic nitrogens is 5. The van der Waals surface area contributed by atoms with E-state index in [1.54, 1.807) is 16.8 Å². The summed E-state index contributed by atoms with van der Waals surface area (Å²) < 4.78 is 20.0. The van der Waals surface area contributed by atoms with Gasteiger partial charge in [0, 0.05) is 5.56 Å². The lowest BCUT2D eigenvalue weighted by atomic mass is 10.2. The lowest BCUT2D eigenvalue weighted by Crippen LogP contribution is -1.98. The molecule has 0 atom stereocenters. The van der Waals surface area contributed by atoms with Crippen molar-refractivity contribution in [2.24, 2.45) is 0 Å². The van der Waals surface area contributed by atoms with Crippen molar-refractivity contribution in [1.29, 1.82) is 0 Å². The van der Waals surface area contributed by atoms with Gasteiger partial charge in [-0.25, -0.2) is 9.07 Å². The molecule has 4 rings (SSSR count). The number of hydrogen-bond donors (Lipinski definition) is 0. The molecule has 0 amide bonds. The highest BCUT2D eigenvalue weighted by Crippen LogP contribution is 2.24. The predicted molar refractivity (Wildman–Crippen MR) is 84.8 cm³/mol. The van der Waals surface area contributed by atoms with Crippen LogP contribution in [0.25, 0.3) is 28.7 Å². The molecule has 2 heterocycles. The van der Waals surface area contributed by atoms with E-state index in [0.29, 0.717) is 23.0 Å². The first-order valence-electron chi connectivity index (χ1n) is 7.30. The highest BCUT2D eigenvalue weighted by molar-refractivity contribution is 5.58. The van der Waals surface area contributed by atoms with Gasteiger partial charge in [0.15, 0.2) is 5.69 Å². The van der Waals surface area contributed by atoms with Crippen molar-refractivity contribution in [3.05, 3.63) is 66.1 Å². The van der Waals surface area contributed by atoms with E-state index in [1.807, 2.05) is 37.3 Å². The van der Waals surface area contributed by atoms with E-state index in [4.69, 9.17) is 4.52 Å². The largest absolute Gasteiger partial charge is 0.334 e. The molecular formula is C17H12FN5O. The second-order valence-electron chi connectivity index (χ2n) is 5.20. The third-order valence-electron chi connectivity index (χ3n) is 3.62. The number of para-hydroxylation sites is 1. The van der Waals surface area contributed by atoms with Crippen LogP contribution in [0.15, 0.2) is 59.1 Å². The molecule has 2 aromatic heterocycles. The smallest absolute Gasteiger partial charge is 0.258 e. The summed E-state index contributed by atoms with van der Waals surface area (Å²) in [5.41, 5.74) is 2.88. The molecule has 6 nitrogen and oxygen atoms in total. The van der Waals surface area contributed by atoms with Crippen LogP contribution in [0.5, 0.6) is 0 Å². The van der Waals surface area contributed by atoms with Gasteiger partial charge >= 0.3 is 0 Å². The van der Waals surface area contributed by atoms with Crippen LogP contribution in [0, 0.1) is 12.7 Å². The van der Waals surface area contributed by atoms with Gasteiger partial charge in [0.1, 0.15) is 5.82 Å². The van der Waals surface area contributed by atoms with Gasteiger partial charge in [-0.1, -0.05) is 28.6 Å². The molecule has 118 valence electrons. The molecule has 24 heavy (non-hydrogen) atoms. The number of halogens is 1. The fourth-order valence-corrected chi connectivity index (χ4v) is 2.38. The molecule has 0 saturated carbocycles. The van der Waals surface area contributed by atoms with E-state index >= 15 is 0 Å². The van der Waals surface area contributed by atoms with E-state index in [9.17, 15) is 4.39 Å². The molecular weight excluding hydrogens is 309 g/mol. The van der Waals surface area contributed by atoms with Crippen LogP contribution in [-0.2, 0) is 0 Å². The Morgan fingerprint density at radius 1 is 1.00 bits per heavy atom. The van der Waals surface area contributed by atoms with Crippen LogP contribution < -0.4 is 0 Å². The van der Waals surface area contributed by atoms with Crippen LogP contribution in [-0.4, -0.2) is 25.1 Å². The Bertz CT molecular complexity index is 976. The van der Waals surface area contributed by atoms with Crippen molar-refractivity contribution in [3.8, 4) is 28.7 Å². The molecule has 0 unspecified atom stereocenters. The summed E-state index contributed by atoms with van der Waals surface area (Å²) >= 11 is 0. The fourth-order valence-electron chi connectivity index (χ4n) is 2.38. The summed E-state index contributed by atoms with van der Waals surface area (Å²) in [6.45, 7) is 1.89. The zero-order valence-electron chi connectivity index (χ0n) is 12.7. The molecule has 7 heteroatoms. The highest BCUT2D eigenvalue weighted by atomic mass is 19.1. The number of nitrogens with zero attached hydrogens (tertiary/aromatic N) is 5. The third kappa shape index (κ3) is 2.45. The molecule has 0 aliphatic heterocycles. The minimum atomic E-state index is -0.319. The van der Waals surface area contributed by atoms with Crippen molar-refractivity contribution in [3.63, 3.8) is 0 Å². The molecule has 0 bridgehead atoms. The third-order valence-corrected chi connectivity index (χ3v) is 3.62. The van der Waals surface area contributed by atoms with Gasteiger partial charge < -0.3 is 4.52 Å². The average molecular weight is 321 g/mol. The molecule has 4 aromatic rings. The molecule has 0 aliphatic carbocycles. The van der Waals surface area contributed by atoms with E-state index in [2.05, 4.69) is 20.5 Å². The van der Waals surface area contributed by atoms with Crippen molar-refractivity contribution < 1.29 is 8.91 Å². The second-order valence-corrected chi connectivity index (χ2v) is 5.20. The quantitative estimate of drug-likeness (QED) is 0.578. The lowest BCUT2D eigenvalue weighted by molar-refractivity contribution is 0.432. The Morgan fingerprint density at radius 2 is 1.75 bits per heavy atom. The highest BCUT2D eigenvalue weighted by Gasteiger charge is 2.18. The number of hydrogen-bond acceptors (Lipinski definition) is 5. The maximum absolute atomic E-state index is 13.0. The van der Waals surface area contributed by atoms with Gasteiger partial charge in [0.2, 0.25) is 5.82 Å². The first-order chi connectivity index (χ1) is 11.7. The monoisotopic (exact) mass is 321 g/mol. The Balaban J connectivity index is 1.71. The van der Waals surface area contributed by atoms with Gasteiger partial charge in [-0.3, -0.25) is 0 Å². The lowest BCUT2D eigenvalue weighted by Gasteiger charge is -2.01. The molecule has 0 radical (unpaired) electrons. The van der Waals surface area contributed by atoms with Gasteiger partial charge in [-0.05, 0) is 43.3 Å². The molecule has 0 saturated heterocycles. The maximum atomic E-state index is 13.0. The molecule has 0 aliphatic rings. The molecule has 2 aromatic carbocycles. The van der Waals surface area contributed by atoms with Crippen molar-refractivity contribution in [2.45, 2.75) is 6.92 Å². The van der Waals surface area contributed by atoms with Crippen LogP contribution in [0.4, 0.5) is 4.39 Å². The number of benzene rings is 2. The topological polar surface area (TPSA) is 69.6 Å². The van der Waals surface area contributed by atoms with Crippen LogP contribution in [0.1, 0.15) is 5.69 Å².